The summed E-state index contributed by atoms with van der Waals surface area (Å²) in [5.74, 6) is 0.346. The zero-order valence-corrected chi connectivity index (χ0v) is 10.5. The second kappa shape index (κ2) is 6.03. The van der Waals surface area contributed by atoms with Crippen molar-refractivity contribution in [2.24, 2.45) is 0 Å². The molecule has 0 saturated carbocycles. The molecule has 3 heteroatoms. The molecule has 1 aliphatic heterocycles. The fourth-order valence-electron chi connectivity index (χ4n) is 2.45. The number of benzene rings is 1. The maximum atomic E-state index is 9.37. The van der Waals surface area contributed by atoms with Crippen LogP contribution >= 0.6 is 0 Å². The molecule has 0 aliphatic carbocycles. The minimum Gasteiger partial charge on any atom is -0.508 e. The summed E-state index contributed by atoms with van der Waals surface area (Å²) in [6, 6.07) is 8.12. The Morgan fingerprint density at radius 3 is 3.06 bits per heavy atom. The molecule has 1 unspecified atom stereocenters. The van der Waals surface area contributed by atoms with Gasteiger partial charge in [-0.25, -0.2) is 0 Å². The number of phenols is 1. The Morgan fingerprint density at radius 2 is 2.29 bits per heavy atom. The summed E-state index contributed by atoms with van der Waals surface area (Å²) in [6.07, 6.45) is 3.98. The number of rotatable bonds is 4. The topological polar surface area (TPSA) is 35.5 Å². The molecule has 1 heterocycles. The van der Waals surface area contributed by atoms with Gasteiger partial charge in [0.25, 0.3) is 0 Å². The lowest BCUT2D eigenvalue weighted by atomic mass is 10.0. The number of hydrogen-bond donors (Lipinski definition) is 2. The van der Waals surface area contributed by atoms with Gasteiger partial charge in [-0.1, -0.05) is 18.6 Å². The number of nitrogens with zero attached hydrogens (tertiary/aromatic N) is 1. The van der Waals surface area contributed by atoms with Gasteiger partial charge in [-0.15, -0.1) is 0 Å². The average molecular weight is 234 g/mol. The predicted molar refractivity (Wildman–Crippen MR) is 70.1 cm³/mol. The van der Waals surface area contributed by atoms with Crippen molar-refractivity contribution in [1.82, 2.24) is 10.2 Å². The van der Waals surface area contributed by atoms with Crippen LogP contribution in [0.25, 0.3) is 0 Å². The molecule has 1 fully saturated rings. The van der Waals surface area contributed by atoms with Crippen molar-refractivity contribution in [3.63, 3.8) is 0 Å². The summed E-state index contributed by atoms with van der Waals surface area (Å²) in [5.41, 5.74) is 1.14. The van der Waals surface area contributed by atoms with Crippen LogP contribution in [0.1, 0.15) is 24.8 Å². The molecular weight excluding hydrogens is 212 g/mol. The summed E-state index contributed by atoms with van der Waals surface area (Å²) in [6.45, 7) is 3.09. The van der Waals surface area contributed by atoms with E-state index in [1.54, 1.807) is 6.07 Å². The van der Waals surface area contributed by atoms with Gasteiger partial charge in [-0.2, -0.15) is 0 Å². The molecule has 1 aromatic carbocycles. The quantitative estimate of drug-likeness (QED) is 0.836. The molecule has 0 aromatic heterocycles. The lowest BCUT2D eigenvalue weighted by molar-refractivity contribution is 0.181. The molecule has 0 radical (unpaired) electrons. The molecule has 0 amide bonds. The number of likely N-dealkylation sites (tertiary alicyclic amines) is 1. The van der Waals surface area contributed by atoms with Crippen LogP contribution in [-0.4, -0.2) is 36.2 Å². The van der Waals surface area contributed by atoms with Crippen LogP contribution in [-0.2, 0) is 6.54 Å². The van der Waals surface area contributed by atoms with E-state index in [2.05, 4.69) is 17.3 Å². The van der Waals surface area contributed by atoms with Gasteiger partial charge < -0.3 is 15.3 Å². The first-order chi connectivity index (χ1) is 8.25. The number of nitrogens with one attached hydrogen (secondary N) is 1. The second-order valence-corrected chi connectivity index (χ2v) is 4.93. The Morgan fingerprint density at radius 1 is 1.41 bits per heavy atom. The molecule has 1 aliphatic rings. The number of aromatic hydroxyl groups is 1. The van der Waals surface area contributed by atoms with E-state index < -0.39 is 0 Å². The summed E-state index contributed by atoms with van der Waals surface area (Å²) in [7, 11) is 2.21. The fourth-order valence-corrected chi connectivity index (χ4v) is 2.45. The molecule has 0 bridgehead atoms. The zero-order chi connectivity index (χ0) is 12.1. The van der Waals surface area contributed by atoms with Crippen molar-refractivity contribution in [2.45, 2.75) is 31.8 Å². The van der Waals surface area contributed by atoms with Crippen LogP contribution < -0.4 is 5.32 Å². The standard InChI is InChI=1S/C14H22N2O/c1-16-8-3-2-6-13(16)11-15-10-12-5-4-7-14(17)9-12/h4-5,7,9,13,15,17H,2-3,6,8,10-11H2,1H3. The molecule has 0 spiro atoms. The minimum atomic E-state index is 0.346. The maximum Gasteiger partial charge on any atom is 0.115 e. The fraction of sp³-hybridized carbons (Fsp3) is 0.571. The van der Waals surface area contributed by atoms with E-state index in [9.17, 15) is 5.11 Å². The molecule has 1 atom stereocenters. The second-order valence-electron chi connectivity index (χ2n) is 4.93. The van der Waals surface area contributed by atoms with E-state index in [4.69, 9.17) is 0 Å². The number of piperidine rings is 1. The average Bonchev–Trinajstić information content (AvgIpc) is 2.32. The Balaban J connectivity index is 1.75. The lowest BCUT2D eigenvalue weighted by Crippen LogP contribution is -2.42. The SMILES string of the molecule is CN1CCCCC1CNCc1cccc(O)c1. The monoisotopic (exact) mass is 234 g/mol. The third kappa shape index (κ3) is 3.72. The highest BCUT2D eigenvalue weighted by atomic mass is 16.3. The zero-order valence-electron chi connectivity index (χ0n) is 10.5. The van der Waals surface area contributed by atoms with Gasteiger partial charge in [-0.3, -0.25) is 0 Å². The van der Waals surface area contributed by atoms with E-state index in [1.807, 2.05) is 18.2 Å². The Hall–Kier alpha value is -1.06. The van der Waals surface area contributed by atoms with E-state index in [0.29, 0.717) is 11.8 Å². The molecule has 1 aromatic rings. The predicted octanol–water partition coefficient (Wildman–Crippen LogP) is 1.97. The summed E-state index contributed by atoms with van der Waals surface area (Å²) >= 11 is 0. The highest BCUT2D eigenvalue weighted by Gasteiger charge is 2.17. The Bertz CT molecular complexity index is 354. The van der Waals surface area contributed by atoms with Crippen LogP contribution in [0.5, 0.6) is 5.75 Å². The van der Waals surface area contributed by atoms with E-state index in [0.717, 1.165) is 18.7 Å². The first-order valence-corrected chi connectivity index (χ1v) is 6.44. The minimum absolute atomic E-state index is 0.346. The van der Waals surface area contributed by atoms with Gasteiger partial charge in [0.05, 0.1) is 0 Å². The molecule has 2 rings (SSSR count). The highest BCUT2D eigenvalue weighted by molar-refractivity contribution is 5.26. The van der Waals surface area contributed by atoms with Gasteiger partial charge in [0.1, 0.15) is 5.75 Å². The van der Waals surface area contributed by atoms with E-state index in [1.165, 1.54) is 25.8 Å². The molecule has 1 saturated heterocycles. The largest absolute Gasteiger partial charge is 0.508 e. The van der Waals surface area contributed by atoms with Gasteiger partial charge >= 0.3 is 0 Å². The summed E-state index contributed by atoms with van der Waals surface area (Å²) in [4.78, 5) is 2.44. The van der Waals surface area contributed by atoms with E-state index >= 15 is 0 Å². The van der Waals surface area contributed by atoms with Gasteiger partial charge in [-0.05, 0) is 44.1 Å². The van der Waals surface area contributed by atoms with Gasteiger partial charge in [0, 0.05) is 19.1 Å². The number of hydrogen-bond acceptors (Lipinski definition) is 3. The smallest absolute Gasteiger partial charge is 0.115 e. The first kappa shape index (κ1) is 12.4. The first-order valence-electron chi connectivity index (χ1n) is 6.44. The third-order valence-corrected chi connectivity index (χ3v) is 3.54. The number of phenolic OH excluding ortho intramolecular Hbond substituents is 1. The highest BCUT2D eigenvalue weighted by Crippen LogP contribution is 2.14. The Kier molecular flexibility index (Phi) is 4.40. The van der Waals surface area contributed by atoms with Crippen molar-refractivity contribution >= 4 is 0 Å². The molecule has 3 nitrogen and oxygen atoms in total. The van der Waals surface area contributed by atoms with Crippen LogP contribution in [0.3, 0.4) is 0 Å². The normalized spacial score (nSPS) is 21.6. The van der Waals surface area contributed by atoms with Gasteiger partial charge in [0.15, 0.2) is 0 Å². The lowest BCUT2D eigenvalue weighted by Gasteiger charge is -2.32. The van der Waals surface area contributed by atoms with E-state index in [-0.39, 0.29) is 0 Å². The summed E-state index contributed by atoms with van der Waals surface area (Å²) in [5, 5.41) is 12.8. The van der Waals surface area contributed by atoms with Crippen molar-refractivity contribution < 1.29 is 5.11 Å². The maximum absolute atomic E-state index is 9.37. The van der Waals surface area contributed by atoms with Crippen LogP contribution in [0.15, 0.2) is 24.3 Å². The van der Waals surface area contributed by atoms with Crippen molar-refractivity contribution in [3.05, 3.63) is 29.8 Å². The molecule has 2 N–H and O–H groups in total. The van der Waals surface area contributed by atoms with Crippen molar-refractivity contribution in [1.29, 1.82) is 0 Å². The third-order valence-electron chi connectivity index (χ3n) is 3.54. The molecule has 17 heavy (non-hydrogen) atoms. The summed E-state index contributed by atoms with van der Waals surface area (Å²) < 4.78 is 0. The van der Waals surface area contributed by atoms with Gasteiger partial charge in [0.2, 0.25) is 0 Å². The van der Waals surface area contributed by atoms with Crippen molar-refractivity contribution in [3.8, 4) is 5.75 Å². The van der Waals surface area contributed by atoms with Crippen molar-refractivity contribution in [2.75, 3.05) is 20.1 Å². The number of likely N-dealkylation sites (N-methyl/N-ethyl adjacent to an activating group) is 1. The van der Waals surface area contributed by atoms with Crippen LogP contribution in [0.2, 0.25) is 0 Å². The van der Waals surface area contributed by atoms with Crippen LogP contribution in [0, 0.1) is 0 Å². The molecular formula is C14H22N2O. The Labute approximate surface area is 103 Å². The van der Waals surface area contributed by atoms with Crippen LogP contribution in [0.4, 0.5) is 0 Å². The molecule has 94 valence electrons.